The Morgan fingerprint density at radius 3 is 2.58 bits per heavy atom. The second kappa shape index (κ2) is 6.12. The van der Waals surface area contributed by atoms with Crippen molar-refractivity contribution in [2.45, 2.75) is 13.0 Å². The predicted molar refractivity (Wildman–Crippen MR) is 82.6 cm³/mol. The first-order valence-corrected chi connectivity index (χ1v) is 7.19. The molecule has 2 aromatic carbocycles. The van der Waals surface area contributed by atoms with E-state index in [1.165, 1.54) is 6.07 Å². The van der Waals surface area contributed by atoms with E-state index in [9.17, 15) is 4.39 Å². The normalized spacial score (nSPS) is 12.3. The van der Waals surface area contributed by atoms with E-state index in [1.54, 1.807) is 12.1 Å². The molecule has 5 heteroatoms. The minimum Gasteiger partial charge on any atom is -0.376 e. The number of hydrogen-bond acceptors (Lipinski definition) is 1. The highest BCUT2D eigenvalue weighted by Crippen LogP contribution is 2.30. The van der Waals surface area contributed by atoms with Crippen LogP contribution in [0.25, 0.3) is 0 Å². The Balaban J connectivity index is 2.25. The van der Waals surface area contributed by atoms with E-state index >= 15 is 0 Å². The summed E-state index contributed by atoms with van der Waals surface area (Å²) in [7, 11) is 0. The molecule has 0 saturated heterocycles. The zero-order chi connectivity index (χ0) is 14.0. The van der Waals surface area contributed by atoms with Gasteiger partial charge < -0.3 is 5.32 Å². The molecule has 0 spiro atoms. The average Bonchev–Trinajstić information content (AvgIpc) is 2.34. The molecular formula is C14H11BrCl2FN. The van der Waals surface area contributed by atoms with Crippen molar-refractivity contribution in [3.8, 4) is 0 Å². The summed E-state index contributed by atoms with van der Waals surface area (Å²) >= 11 is 15.3. The summed E-state index contributed by atoms with van der Waals surface area (Å²) < 4.78 is 14.7. The lowest BCUT2D eigenvalue weighted by Crippen LogP contribution is -2.08. The molecule has 1 N–H and O–H groups in total. The smallest absolute Gasteiger partial charge is 0.164 e. The molecule has 1 nitrogen and oxygen atoms in total. The Kier molecular flexibility index (Phi) is 4.71. The van der Waals surface area contributed by atoms with Gasteiger partial charge in [0, 0.05) is 9.50 Å². The van der Waals surface area contributed by atoms with E-state index in [4.69, 9.17) is 23.2 Å². The third kappa shape index (κ3) is 3.41. The Morgan fingerprint density at radius 2 is 1.89 bits per heavy atom. The zero-order valence-corrected chi connectivity index (χ0v) is 13.2. The van der Waals surface area contributed by atoms with Crippen LogP contribution in [0.1, 0.15) is 18.5 Å². The molecule has 0 saturated carbocycles. The van der Waals surface area contributed by atoms with Gasteiger partial charge >= 0.3 is 0 Å². The third-order valence-electron chi connectivity index (χ3n) is 2.75. The largest absolute Gasteiger partial charge is 0.376 e. The van der Waals surface area contributed by atoms with E-state index in [-0.39, 0.29) is 11.1 Å². The first kappa shape index (κ1) is 14.6. The SMILES string of the molecule is CC(Nc1cccc(Cl)c1F)c1ccc(Br)cc1Cl. The summed E-state index contributed by atoms with van der Waals surface area (Å²) in [5, 5.41) is 3.79. The van der Waals surface area contributed by atoms with Crippen molar-refractivity contribution >= 4 is 44.8 Å². The van der Waals surface area contributed by atoms with E-state index in [1.807, 2.05) is 25.1 Å². The third-order valence-corrected chi connectivity index (χ3v) is 3.87. The van der Waals surface area contributed by atoms with Gasteiger partial charge in [-0.15, -0.1) is 0 Å². The maximum atomic E-state index is 13.8. The molecule has 0 heterocycles. The highest BCUT2D eigenvalue weighted by molar-refractivity contribution is 9.10. The second-order valence-electron chi connectivity index (χ2n) is 4.13. The van der Waals surface area contributed by atoms with Crippen LogP contribution in [0.15, 0.2) is 40.9 Å². The number of benzene rings is 2. The average molecular weight is 363 g/mol. The number of nitrogens with one attached hydrogen (secondary N) is 1. The van der Waals surface area contributed by atoms with Gasteiger partial charge in [-0.05, 0) is 36.8 Å². The van der Waals surface area contributed by atoms with Gasteiger partial charge in [0.2, 0.25) is 0 Å². The molecule has 2 rings (SSSR count). The van der Waals surface area contributed by atoms with Crippen LogP contribution < -0.4 is 5.32 Å². The van der Waals surface area contributed by atoms with Crippen LogP contribution in [0, 0.1) is 5.82 Å². The maximum Gasteiger partial charge on any atom is 0.164 e. The van der Waals surface area contributed by atoms with Crippen molar-refractivity contribution in [3.63, 3.8) is 0 Å². The fraction of sp³-hybridized carbons (Fsp3) is 0.143. The molecule has 0 aromatic heterocycles. The van der Waals surface area contributed by atoms with Gasteiger partial charge in [0.25, 0.3) is 0 Å². The lowest BCUT2D eigenvalue weighted by molar-refractivity contribution is 0.628. The lowest BCUT2D eigenvalue weighted by Gasteiger charge is -2.18. The van der Waals surface area contributed by atoms with Crippen molar-refractivity contribution < 1.29 is 4.39 Å². The van der Waals surface area contributed by atoms with Gasteiger partial charge in [-0.25, -0.2) is 4.39 Å². The Morgan fingerprint density at radius 1 is 1.16 bits per heavy atom. The van der Waals surface area contributed by atoms with Crippen LogP contribution in [-0.2, 0) is 0 Å². The standard InChI is InChI=1S/C14H11BrCl2FN/c1-8(10-6-5-9(15)7-12(10)17)19-13-4-2-3-11(16)14(13)18/h2-8,19H,1H3. The highest BCUT2D eigenvalue weighted by atomic mass is 79.9. The van der Waals surface area contributed by atoms with Crippen LogP contribution >= 0.6 is 39.1 Å². The summed E-state index contributed by atoms with van der Waals surface area (Å²) in [6.45, 7) is 1.91. The maximum absolute atomic E-state index is 13.8. The fourth-order valence-electron chi connectivity index (χ4n) is 1.78. The van der Waals surface area contributed by atoms with Crippen LogP contribution in [0.5, 0.6) is 0 Å². The van der Waals surface area contributed by atoms with Crippen molar-refractivity contribution in [1.29, 1.82) is 0 Å². The van der Waals surface area contributed by atoms with Crippen molar-refractivity contribution in [3.05, 3.63) is 62.3 Å². The van der Waals surface area contributed by atoms with E-state index in [0.717, 1.165) is 10.0 Å². The molecule has 0 fully saturated rings. The predicted octanol–water partition coefficient (Wildman–Crippen LogP) is 6.07. The molecule has 0 aliphatic rings. The molecule has 1 atom stereocenters. The first-order valence-electron chi connectivity index (χ1n) is 5.64. The fourth-order valence-corrected chi connectivity index (χ4v) is 2.79. The molecule has 0 aliphatic heterocycles. The summed E-state index contributed by atoms with van der Waals surface area (Å²) in [4.78, 5) is 0. The minimum absolute atomic E-state index is 0.0964. The van der Waals surface area contributed by atoms with Crippen molar-refractivity contribution in [2.24, 2.45) is 0 Å². The van der Waals surface area contributed by atoms with Gasteiger partial charge in [-0.3, -0.25) is 0 Å². The summed E-state index contributed by atoms with van der Waals surface area (Å²) in [6.07, 6.45) is 0. The van der Waals surface area contributed by atoms with Gasteiger partial charge in [-0.2, -0.15) is 0 Å². The van der Waals surface area contributed by atoms with Crippen LogP contribution in [0.4, 0.5) is 10.1 Å². The quantitative estimate of drug-likeness (QED) is 0.698. The lowest BCUT2D eigenvalue weighted by atomic mass is 10.1. The number of anilines is 1. The molecule has 0 bridgehead atoms. The van der Waals surface area contributed by atoms with Crippen LogP contribution in [0.2, 0.25) is 10.0 Å². The number of halogens is 4. The molecule has 19 heavy (non-hydrogen) atoms. The molecule has 0 aliphatic carbocycles. The summed E-state index contributed by atoms with van der Waals surface area (Å²) in [5.74, 6) is -0.454. The molecule has 0 amide bonds. The molecular weight excluding hydrogens is 352 g/mol. The Hall–Kier alpha value is -0.770. The first-order chi connectivity index (χ1) is 8.99. The molecule has 2 aromatic rings. The Labute approximate surface area is 129 Å². The van der Waals surface area contributed by atoms with Crippen LogP contribution in [-0.4, -0.2) is 0 Å². The summed E-state index contributed by atoms with van der Waals surface area (Å²) in [6, 6.07) is 10.3. The van der Waals surface area contributed by atoms with Crippen LogP contribution in [0.3, 0.4) is 0 Å². The molecule has 1 unspecified atom stereocenters. The van der Waals surface area contributed by atoms with E-state index in [0.29, 0.717) is 10.7 Å². The highest BCUT2D eigenvalue weighted by Gasteiger charge is 2.13. The van der Waals surface area contributed by atoms with Gasteiger partial charge in [0.05, 0.1) is 16.8 Å². The Bertz CT molecular complexity index is 604. The van der Waals surface area contributed by atoms with E-state index < -0.39 is 5.82 Å². The van der Waals surface area contributed by atoms with Crippen molar-refractivity contribution in [1.82, 2.24) is 0 Å². The molecule has 100 valence electrons. The molecule has 0 radical (unpaired) electrons. The second-order valence-corrected chi connectivity index (χ2v) is 5.86. The number of hydrogen-bond donors (Lipinski definition) is 1. The monoisotopic (exact) mass is 361 g/mol. The minimum atomic E-state index is -0.454. The van der Waals surface area contributed by atoms with Gasteiger partial charge in [-0.1, -0.05) is 51.3 Å². The van der Waals surface area contributed by atoms with E-state index in [2.05, 4.69) is 21.2 Å². The van der Waals surface area contributed by atoms with Crippen molar-refractivity contribution in [2.75, 3.05) is 5.32 Å². The summed E-state index contributed by atoms with van der Waals surface area (Å²) in [5.41, 5.74) is 1.25. The topological polar surface area (TPSA) is 12.0 Å². The zero-order valence-electron chi connectivity index (χ0n) is 10.1. The van der Waals surface area contributed by atoms with Gasteiger partial charge in [0.15, 0.2) is 5.82 Å². The van der Waals surface area contributed by atoms with Gasteiger partial charge in [0.1, 0.15) is 0 Å². The number of rotatable bonds is 3.